The average molecular weight is 242 g/mol. The summed E-state index contributed by atoms with van der Waals surface area (Å²) in [6.07, 6.45) is 1.05. The van der Waals surface area contributed by atoms with Crippen LogP contribution in [0.25, 0.3) is 0 Å². The molecule has 0 radical (unpaired) electrons. The SMILES string of the molecule is CCc1ccc(C(C)(C)c2ccc(F)cc2)cc1. The molecule has 0 saturated heterocycles. The van der Waals surface area contributed by atoms with Crippen LogP contribution in [0.3, 0.4) is 0 Å². The number of halogens is 1. The van der Waals surface area contributed by atoms with Crippen molar-refractivity contribution in [1.29, 1.82) is 0 Å². The summed E-state index contributed by atoms with van der Waals surface area (Å²) < 4.78 is 13.0. The van der Waals surface area contributed by atoms with Gasteiger partial charge in [0.15, 0.2) is 0 Å². The van der Waals surface area contributed by atoms with E-state index >= 15 is 0 Å². The van der Waals surface area contributed by atoms with Crippen LogP contribution in [0.2, 0.25) is 0 Å². The quantitative estimate of drug-likeness (QED) is 0.731. The number of rotatable bonds is 3. The van der Waals surface area contributed by atoms with Gasteiger partial charge in [0, 0.05) is 5.41 Å². The molecule has 2 aromatic rings. The highest BCUT2D eigenvalue weighted by Crippen LogP contribution is 2.31. The van der Waals surface area contributed by atoms with Crippen LogP contribution < -0.4 is 0 Å². The van der Waals surface area contributed by atoms with Gasteiger partial charge in [0.1, 0.15) is 5.82 Å². The van der Waals surface area contributed by atoms with E-state index in [4.69, 9.17) is 0 Å². The van der Waals surface area contributed by atoms with Crippen LogP contribution in [-0.2, 0) is 11.8 Å². The van der Waals surface area contributed by atoms with Gasteiger partial charge < -0.3 is 0 Å². The lowest BCUT2D eigenvalue weighted by Gasteiger charge is -2.26. The van der Waals surface area contributed by atoms with Crippen molar-refractivity contribution in [3.05, 3.63) is 71.0 Å². The Labute approximate surface area is 108 Å². The van der Waals surface area contributed by atoms with Crippen molar-refractivity contribution >= 4 is 0 Å². The van der Waals surface area contributed by atoms with Gasteiger partial charge in [-0.2, -0.15) is 0 Å². The first-order valence-corrected chi connectivity index (χ1v) is 6.39. The maximum absolute atomic E-state index is 13.0. The fourth-order valence-electron chi connectivity index (χ4n) is 2.19. The van der Waals surface area contributed by atoms with Crippen LogP contribution in [0.4, 0.5) is 4.39 Å². The molecule has 0 N–H and O–H groups in total. The summed E-state index contributed by atoms with van der Waals surface area (Å²) in [5, 5.41) is 0. The van der Waals surface area contributed by atoms with Crippen molar-refractivity contribution in [3.63, 3.8) is 0 Å². The second kappa shape index (κ2) is 4.93. The highest BCUT2D eigenvalue weighted by molar-refractivity contribution is 5.38. The molecule has 1 heteroatoms. The minimum atomic E-state index is -0.184. The summed E-state index contributed by atoms with van der Waals surface area (Å²) in [5.74, 6) is -0.184. The Balaban J connectivity index is 2.37. The summed E-state index contributed by atoms with van der Waals surface area (Å²) >= 11 is 0. The average Bonchev–Trinajstić information content (AvgIpc) is 2.39. The predicted octanol–water partition coefficient (Wildman–Crippen LogP) is 4.71. The topological polar surface area (TPSA) is 0 Å². The molecule has 0 aliphatic rings. The van der Waals surface area contributed by atoms with Gasteiger partial charge in [0.25, 0.3) is 0 Å². The number of hydrogen-bond donors (Lipinski definition) is 0. The van der Waals surface area contributed by atoms with Gasteiger partial charge in [-0.15, -0.1) is 0 Å². The molecule has 0 fully saturated rings. The first-order valence-electron chi connectivity index (χ1n) is 6.39. The molecule has 0 nitrogen and oxygen atoms in total. The molecular weight excluding hydrogens is 223 g/mol. The summed E-state index contributed by atoms with van der Waals surface area (Å²) in [6, 6.07) is 15.5. The van der Waals surface area contributed by atoms with Crippen molar-refractivity contribution in [2.75, 3.05) is 0 Å². The van der Waals surface area contributed by atoms with Crippen molar-refractivity contribution < 1.29 is 4.39 Å². The molecule has 94 valence electrons. The third kappa shape index (κ3) is 2.45. The number of hydrogen-bond acceptors (Lipinski definition) is 0. The lowest BCUT2D eigenvalue weighted by atomic mass is 9.78. The van der Waals surface area contributed by atoms with Crippen LogP contribution in [-0.4, -0.2) is 0 Å². The van der Waals surface area contributed by atoms with Gasteiger partial charge in [0.2, 0.25) is 0 Å². The maximum Gasteiger partial charge on any atom is 0.123 e. The summed E-state index contributed by atoms with van der Waals surface area (Å²) in [4.78, 5) is 0. The summed E-state index contributed by atoms with van der Waals surface area (Å²) in [6.45, 7) is 6.49. The van der Waals surface area contributed by atoms with E-state index in [9.17, 15) is 4.39 Å². The van der Waals surface area contributed by atoms with Crippen LogP contribution >= 0.6 is 0 Å². The number of aryl methyl sites for hydroxylation is 1. The van der Waals surface area contributed by atoms with Gasteiger partial charge in [-0.1, -0.05) is 57.2 Å². The van der Waals surface area contributed by atoms with E-state index in [1.165, 1.54) is 23.3 Å². The van der Waals surface area contributed by atoms with Crippen molar-refractivity contribution in [2.24, 2.45) is 0 Å². The third-order valence-electron chi connectivity index (χ3n) is 3.65. The Bertz CT molecular complexity index is 506. The highest BCUT2D eigenvalue weighted by atomic mass is 19.1. The van der Waals surface area contributed by atoms with E-state index in [1.54, 1.807) is 0 Å². The second-order valence-corrected chi connectivity index (χ2v) is 5.18. The smallest absolute Gasteiger partial charge is 0.123 e. The summed E-state index contributed by atoms with van der Waals surface area (Å²) in [5.41, 5.74) is 3.63. The zero-order valence-electron chi connectivity index (χ0n) is 11.2. The first kappa shape index (κ1) is 12.8. The van der Waals surface area contributed by atoms with Crippen molar-refractivity contribution in [3.8, 4) is 0 Å². The molecular formula is C17H19F. The fraction of sp³-hybridized carbons (Fsp3) is 0.294. The summed E-state index contributed by atoms with van der Waals surface area (Å²) in [7, 11) is 0. The van der Waals surface area contributed by atoms with E-state index < -0.39 is 0 Å². The van der Waals surface area contributed by atoms with Gasteiger partial charge in [-0.05, 0) is 35.2 Å². The third-order valence-corrected chi connectivity index (χ3v) is 3.65. The van der Waals surface area contributed by atoms with Gasteiger partial charge in [-0.25, -0.2) is 4.39 Å². The zero-order chi connectivity index (χ0) is 13.2. The lowest BCUT2D eigenvalue weighted by Crippen LogP contribution is -2.18. The molecule has 0 aliphatic carbocycles. The van der Waals surface area contributed by atoms with E-state index in [1.807, 2.05) is 12.1 Å². The Hall–Kier alpha value is -1.63. The molecule has 2 aromatic carbocycles. The van der Waals surface area contributed by atoms with E-state index in [-0.39, 0.29) is 11.2 Å². The zero-order valence-corrected chi connectivity index (χ0v) is 11.2. The second-order valence-electron chi connectivity index (χ2n) is 5.18. The van der Waals surface area contributed by atoms with Crippen LogP contribution in [0.15, 0.2) is 48.5 Å². The molecule has 0 heterocycles. The van der Waals surface area contributed by atoms with Gasteiger partial charge in [0.05, 0.1) is 0 Å². The monoisotopic (exact) mass is 242 g/mol. The van der Waals surface area contributed by atoms with E-state index in [0.29, 0.717) is 0 Å². The minimum Gasteiger partial charge on any atom is -0.207 e. The minimum absolute atomic E-state index is 0.0973. The molecule has 0 aromatic heterocycles. The Morgan fingerprint density at radius 2 is 1.28 bits per heavy atom. The Morgan fingerprint density at radius 3 is 1.72 bits per heavy atom. The molecule has 0 amide bonds. The normalized spacial score (nSPS) is 11.6. The molecule has 2 rings (SSSR count). The van der Waals surface area contributed by atoms with Crippen LogP contribution in [0, 0.1) is 5.82 Å². The highest BCUT2D eigenvalue weighted by Gasteiger charge is 2.22. The molecule has 0 atom stereocenters. The van der Waals surface area contributed by atoms with E-state index in [2.05, 4.69) is 45.0 Å². The standard InChI is InChI=1S/C17H19F/c1-4-13-5-7-14(8-6-13)17(2,3)15-9-11-16(18)12-10-15/h5-12H,4H2,1-3H3. The predicted molar refractivity (Wildman–Crippen MR) is 74.3 cm³/mol. The van der Waals surface area contributed by atoms with Crippen molar-refractivity contribution in [2.45, 2.75) is 32.6 Å². The van der Waals surface area contributed by atoms with Crippen molar-refractivity contribution in [1.82, 2.24) is 0 Å². The van der Waals surface area contributed by atoms with E-state index in [0.717, 1.165) is 12.0 Å². The number of benzene rings is 2. The lowest BCUT2D eigenvalue weighted by molar-refractivity contribution is 0.613. The van der Waals surface area contributed by atoms with Gasteiger partial charge >= 0.3 is 0 Å². The van der Waals surface area contributed by atoms with Crippen LogP contribution in [0.5, 0.6) is 0 Å². The largest absolute Gasteiger partial charge is 0.207 e. The molecule has 0 aliphatic heterocycles. The maximum atomic E-state index is 13.0. The fourth-order valence-corrected chi connectivity index (χ4v) is 2.19. The van der Waals surface area contributed by atoms with Gasteiger partial charge in [-0.3, -0.25) is 0 Å². The molecule has 0 bridgehead atoms. The Kier molecular flexibility index (Phi) is 3.51. The Morgan fingerprint density at radius 1 is 0.833 bits per heavy atom. The van der Waals surface area contributed by atoms with Crippen LogP contribution in [0.1, 0.15) is 37.5 Å². The molecule has 0 saturated carbocycles. The molecule has 18 heavy (non-hydrogen) atoms. The molecule has 0 unspecified atom stereocenters. The first-order chi connectivity index (χ1) is 8.54. The molecule has 0 spiro atoms.